The molecule has 0 aromatic heterocycles. The molecule has 8 nitrogen and oxygen atoms in total. The highest BCUT2D eigenvalue weighted by molar-refractivity contribution is 6.31. The summed E-state index contributed by atoms with van der Waals surface area (Å²) in [5.74, 6) is -3.47. The van der Waals surface area contributed by atoms with Crippen LogP contribution in [0.2, 0.25) is 0 Å². The summed E-state index contributed by atoms with van der Waals surface area (Å²) in [4.78, 5) is 20.6. The Morgan fingerprint density at radius 3 is 1.81 bits per heavy atom. The first kappa shape index (κ1) is 14.9. The number of carboxylic acid groups (broad SMARTS) is 1. The van der Waals surface area contributed by atoms with Gasteiger partial charge >= 0.3 is 0 Å². The van der Waals surface area contributed by atoms with E-state index in [-0.39, 0.29) is 0 Å². The highest BCUT2D eigenvalue weighted by atomic mass is 16.4. The molecule has 5 N–H and O–H groups in total. The summed E-state index contributed by atoms with van der Waals surface area (Å²) < 4.78 is 0. The summed E-state index contributed by atoms with van der Waals surface area (Å²) in [6.07, 6.45) is -8.39. The third-order valence-corrected chi connectivity index (χ3v) is 1.95. The van der Waals surface area contributed by atoms with Crippen LogP contribution in [0.1, 0.15) is 6.42 Å². The van der Waals surface area contributed by atoms with Crippen molar-refractivity contribution in [2.24, 2.45) is 0 Å². The van der Waals surface area contributed by atoms with Crippen molar-refractivity contribution in [3.8, 4) is 0 Å². The summed E-state index contributed by atoms with van der Waals surface area (Å²) in [5.41, 5.74) is 0. The predicted octanol–water partition coefficient (Wildman–Crippen LogP) is -4.87. The lowest BCUT2D eigenvalue weighted by molar-refractivity contribution is -0.300. The van der Waals surface area contributed by atoms with Crippen LogP contribution < -0.4 is 5.11 Å². The van der Waals surface area contributed by atoms with Gasteiger partial charge < -0.3 is 35.4 Å². The van der Waals surface area contributed by atoms with E-state index in [1.165, 1.54) is 0 Å². The zero-order chi connectivity index (χ0) is 12.9. The average Bonchev–Trinajstić information content (AvgIpc) is 2.25. The number of ketones is 1. The minimum Gasteiger partial charge on any atom is -0.542 e. The fraction of sp³-hybridized carbons (Fsp3) is 0.750. The van der Waals surface area contributed by atoms with Crippen LogP contribution in [0.3, 0.4) is 0 Å². The molecular formula is C8H13O8-. The van der Waals surface area contributed by atoms with Crippen LogP contribution in [-0.4, -0.2) is 68.3 Å². The van der Waals surface area contributed by atoms with E-state index < -0.39 is 49.2 Å². The molecule has 4 unspecified atom stereocenters. The molecule has 0 radical (unpaired) electrons. The number of aliphatic hydroxyl groups excluding tert-OH is 5. The average molecular weight is 237 g/mol. The lowest BCUT2D eigenvalue weighted by Gasteiger charge is -2.25. The van der Waals surface area contributed by atoms with Crippen molar-refractivity contribution in [1.82, 2.24) is 0 Å². The Kier molecular flexibility index (Phi) is 6.08. The van der Waals surface area contributed by atoms with Gasteiger partial charge in [-0.3, -0.25) is 4.79 Å². The third-order valence-electron chi connectivity index (χ3n) is 1.95. The molecule has 0 heterocycles. The zero-order valence-electron chi connectivity index (χ0n) is 8.18. The molecule has 0 aromatic carbocycles. The van der Waals surface area contributed by atoms with Crippen LogP contribution in [-0.2, 0) is 9.59 Å². The lowest BCUT2D eigenvalue weighted by atomic mass is 9.99. The van der Waals surface area contributed by atoms with E-state index in [4.69, 9.17) is 20.4 Å². The fourth-order valence-electron chi connectivity index (χ4n) is 0.957. The van der Waals surface area contributed by atoms with E-state index in [1.54, 1.807) is 0 Å². The molecule has 0 saturated heterocycles. The molecule has 0 spiro atoms. The van der Waals surface area contributed by atoms with Gasteiger partial charge in [0.05, 0.1) is 12.7 Å². The molecule has 0 aliphatic heterocycles. The van der Waals surface area contributed by atoms with E-state index in [0.29, 0.717) is 0 Å². The van der Waals surface area contributed by atoms with Gasteiger partial charge in [0, 0.05) is 6.42 Å². The van der Waals surface area contributed by atoms with Crippen molar-refractivity contribution in [3.63, 3.8) is 0 Å². The Bertz CT molecular complexity index is 252. The van der Waals surface area contributed by atoms with Crippen LogP contribution in [0.25, 0.3) is 0 Å². The highest BCUT2D eigenvalue weighted by Crippen LogP contribution is 2.08. The van der Waals surface area contributed by atoms with Crippen molar-refractivity contribution in [1.29, 1.82) is 0 Å². The molecule has 0 rings (SSSR count). The summed E-state index contributed by atoms with van der Waals surface area (Å²) >= 11 is 0. The van der Waals surface area contributed by atoms with Gasteiger partial charge in [0.1, 0.15) is 24.3 Å². The fourth-order valence-corrected chi connectivity index (χ4v) is 0.957. The van der Waals surface area contributed by atoms with Crippen molar-refractivity contribution in [2.45, 2.75) is 30.8 Å². The van der Waals surface area contributed by atoms with Crippen molar-refractivity contribution < 1.29 is 40.2 Å². The SMILES string of the molecule is O=C([O-])C(=O)CC(O)C(O)C(O)C(O)CO. The van der Waals surface area contributed by atoms with E-state index >= 15 is 0 Å². The molecule has 0 saturated carbocycles. The standard InChI is InChI=1S/C8H14O8/c9-2-5(12)7(14)6(13)3(10)1-4(11)8(15)16/h3,5-7,9-10,12-14H,1-2H2,(H,15,16)/p-1. The second kappa shape index (κ2) is 6.51. The third kappa shape index (κ3) is 4.21. The van der Waals surface area contributed by atoms with E-state index in [1.807, 2.05) is 0 Å². The van der Waals surface area contributed by atoms with Crippen LogP contribution in [0.4, 0.5) is 0 Å². The van der Waals surface area contributed by atoms with Gasteiger partial charge in [-0.05, 0) is 0 Å². The van der Waals surface area contributed by atoms with Crippen molar-refractivity contribution in [2.75, 3.05) is 6.61 Å². The molecule has 0 aliphatic carbocycles. The maximum atomic E-state index is 10.6. The first-order valence-electron chi connectivity index (χ1n) is 4.38. The molecule has 0 bridgehead atoms. The molecule has 0 aromatic rings. The topological polar surface area (TPSA) is 158 Å². The van der Waals surface area contributed by atoms with Crippen LogP contribution in [0, 0.1) is 0 Å². The maximum absolute atomic E-state index is 10.6. The van der Waals surface area contributed by atoms with E-state index in [9.17, 15) is 19.8 Å². The van der Waals surface area contributed by atoms with Crippen molar-refractivity contribution in [3.05, 3.63) is 0 Å². The number of carbonyl (C=O) groups excluding carboxylic acids is 2. The number of aliphatic hydroxyl groups is 5. The molecule has 0 amide bonds. The van der Waals surface area contributed by atoms with Gasteiger partial charge in [-0.1, -0.05) is 0 Å². The molecular weight excluding hydrogens is 224 g/mol. The smallest absolute Gasteiger partial charge is 0.180 e. The molecule has 0 aliphatic rings. The van der Waals surface area contributed by atoms with Gasteiger partial charge in [-0.2, -0.15) is 0 Å². The second-order valence-corrected chi connectivity index (χ2v) is 3.21. The molecule has 16 heavy (non-hydrogen) atoms. The zero-order valence-corrected chi connectivity index (χ0v) is 8.18. The molecule has 4 atom stereocenters. The largest absolute Gasteiger partial charge is 0.542 e. The second-order valence-electron chi connectivity index (χ2n) is 3.21. The van der Waals surface area contributed by atoms with E-state index in [2.05, 4.69) is 0 Å². The number of aliphatic carboxylic acids is 1. The van der Waals surface area contributed by atoms with Gasteiger partial charge in [0.25, 0.3) is 0 Å². The van der Waals surface area contributed by atoms with Crippen LogP contribution >= 0.6 is 0 Å². The van der Waals surface area contributed by atoms with Gasteiger partial charge in [-0.25, -0.2) is 0 Å². The summed E-state index contributed by atoms with van der Waals surface area (Å²) in [6, 6.07) is 0. The Hall–Kier alpha value is -1.06. The maximum Gasteiger partial charge on any atom is 0.180 e. The first-order valence-corrected chi connectivity index (χ1v) is 4.38. The van der Waals surface area contributed by atoms with E-state index in [0.717, 1.165) is 0 Å². The van der Waals surface area contributed by atoms with Gasteiger partial charge in [0.15, 0.2) is 5.78 Å². The Morgan fingerprint density at radius 1 is 1.00 bits per heavy atom. The summed E-state index contributed by atoms with van der Waals surface area (Å²) in [5, 5.41) is 54.8. The van der Waals surface area contributed by atoms with Crippen molar-refractivity contribution >= 4 is 11.8 Å². The van der Waals surface area contributed by atoms with Gasteiger partial charge in [-0.15, -0.1) is 0 Å². The Balaban J connectivity index is 4.32. The lowest BCUT2D eigenvalue weighted by Crippen LogP contribution is -2.47. The quantitative estimate of drug-likeness (QED) is 0.276. The predicted molar refractivity (Wildman–Crippen MR) is 45.7 cm³/mol. The Labute approximate surface area is 90.4 Å². The summed E-state index contributed by atoms with van der Waals surface area (Å²) in [6.45, 7) is -0.862. The minimum atomic E-state index is -2.02. The first-order chi connectivity index (χ1) is 7.31. The minimum absolute atomic E-state index is 0.862. The molecule has 8 heteroatoms. The number of hydrogen-bond donors (Lipinski definition) is 5. The molecule has 94 valence electrons. The number of rotatable bonds is 7. The van der Waals surface area contributed by atoms with Crippen LogP contribution in [0.15, 0.2) is 0 Å². The highest BCUT2D eigenvalue weighted by Gasteiger charge is 2.31. The number of Topliss-reactive ketones (excluding diaryl/α,β-unsaturated/α-hetero) is 1. The monoisotopic (exact) mass is 237 g/mol. The Morgan fingerprint density at radius 2 is 1.44 bits per heavy atom. The number of hydrogen-bond acceptors (Lipinski definition) is 8. The van der Waals surface area contributed by atoms with Crippen LogP contribution in [0.5, 0.6) is 0 Å². The van der Waals surface area contributed by atoms with Gasteiger partial charge in [0.2, 0.25) is 0 Å². The normalized spacial score (nSPS) is 18.6. The summed E-state index contributed by atoms with van der Waals surface area (Å²) in [7, 11) is 0. The number of carboxylic acids is 1. The molecule has 0 fully saturated rings. The number of carbonyl (C=O) groups is 2.